The maximum absolute atomic E-state index is 10.4. The molecule has 0 amide bonds. The lowest BCUT2D eigenvalue weighted by atomic mass is 10.2. The molecule has 2 aliphatic rings. The minimum absolute atomic E-state index is 0.0310. The topological polar surface area (TPSA) is 78.0 Å². The highest BCUT2D eigenvalue weighted by Gasteiger charge is 2.21. The molecule has 6 nitrogen and oxygen atoms in total. The Kier molecular flexibility index (Phi) is 5.74. The van der Waals surface area contributed by atoms with E-state index in [0.717, 1.165) is 68.3 Å². The van der Waals surface area contributed by atoms with Crippen LogP contribution in [0.2, 0.25) is 0 Å². The highest BCUT2D eigenvalue weighted by Crippen LogP contribution is 2.24. The first-order valence-electron chi connectivity index (χ1n) is 8.37. The summed E-state index contributed by atoms with van der Waals surface area (Å²) in [4.78, 5) is 2.16. The van der Waals surface area contributed by atoms with E-state index in [4.69, 9.17) is 12.2 Å². The van der Waals surface area contributed by atoms with Crippen LogP contribution in [0, 0.1) is 11.3 Å². The average Bonchev–Trinajstić information content (AvgIpc) is 3.19. The van der Waals surface area contributed by atoms with E-state index in [9.17, 15) is 10.4 Å². The Morgan fingerprint density at radius 3 is 2.67 bits per heavy atom. The highest BCUT2D eigenvalue weighted by molar-refractivity contribution is 8.23. The summed E-state index contributed by atoms with van der Waals surface area (Å²) in [6.07, 6.45) is 6.50. The molecule has 0 aromatic carbocycles. The summed E-state index contributed by atoms with van der Waals surface area (Å²) in [5.41, 5.74) is 0.215. The van der Waals surface area contributed by atoms with E-state index in [2.05, 4.69) is 21.2 Å². The lowest BCUT2D eigenvalue weighted by Crippen LogP contribution is -2.23. The maximum atomic E-state index is 10.4. The number of fused-ring (bicyclic) bond motifs is 1. The monoisotopic (exact) mass is 363 g/mol. The van der Waals surface area contributed by atoms with Crippen molar-refractivity contribution in [3.05, 3.63) is 17.4 Å². The van der Waals surface area contributed by atoms with Gasteiger partial charge in [0.2, 0.25) is 0 Å². The number of hydrogen-bond acceptors (Lipinski definition) is 6. The summed E-state index contributed by atoms with van der Waals surface area (Å²) in [6, 6.07) is 2.10. The number of allylic oxidation sites excluding steroid dienone is 1. The van der Waals surface area contributed by atoms with Crippen LogP contribution in [0.3, 0.4) is 0 Å². The molecule has 0 unspecified atom stereocenters. The molecule has 0 atom stereocenters. The van der Waals surface area contributed by atoms with Gasteiger partial charge in [0.1, 0.15) is 27.5 Å². The van der Waals surface area contributed by atoms with Crippen LogP contribution in [0.5, 0.6) is 0 Å². The third-order valence-electron chi connectivity index (χ3n) is 4.43. The Morgan fingerprint density at radius 2 is 1.92 bits per heavy atom. The molecule has 3 rings (SSSR count). The first-order valence-corrected chi connectivity index (χ1v) is 9.76. The zero-order valence-electron chi connectivity index (χ0n) is 13.6. The number of rotatable bonds is 3. The van der Waals surface area contributed by atoms with Gasteiger partial charge in [0.25, 0.3) is 0 Å². The molecule has 8 heteroatoms. The molecule has 24 heavy (non-hydrogen) atoms. The standard InChI is InChI=1S/C16H21N5OS2/c17-10-12(13(22)11-24-16(23)20-7-4-5-8-20)15-19-18-14-6-2-1-3-9-21(14)15/h22H,1-9,11H2/b13-12-. The van der Waals surface area contributed by atoms with Crippen LogP contribution in [0.15, 0.2) is 5.76 Å². The van der Waals surface area contributed by atoms with Crippen molar-refractivity contribution in [1.82, 2.24) is 19.7 Å². The molecule has 1 saturated heterocycles. The lowest BCUT2D eigenvalue weighted by molar-refractivity contribution is 0.420. The zero-order chi connectivity index (χ0) is 16.9. The summed E-state index contributed by atoms with van der Waals surface area (Å²) in [5.74, 6) is 1.71. The minimum Gasteiger partial charge on any atom is -0.510 e. The molecule has 0 bridgehead atoms. The van der Waals surface area contributed by atoms with Crippen LogP contribution >= 0.6 is 24.0 Å². The summed E-state index contributed by atoms with van der Waals surface area (Å²) < 4.78 is 2.77. The van der Waals surface area contributed by atoms with Crippen LogP contribution in [-0.4, -0.2) is 47.9 Å². The predicted octanol–water partition coefficient (Wildman–Crippen LogP) is 2.91. The number of hydrogen-bond donors (Lipinski definition) is 1. The Morgan fingerprint density at radius 1 is 1.17 bits per heavy atom. The molecular formula is C16H21N5OS2. The van der Waals surface area contributed by atoms with Gasteiger partial charge in [-0.3, -0.25) is 0 Å². The van der Waals surface area contributed by atoms with Crippen LogP contribution in [0.1, 0.15) is 43.8 Å². The SMILES string of the molecule is N#C/C(=C(/O)CSC(=S)N1CCCC1)c1nnc2n1CCCCC2. The van der Waals surface area contributed by atoms with Crippen molar-refractivity contribution in [3.8, 4) is 6.07 Å². The fraction of sp³-hybridized carbons (Fsp3) is 0.625. The number of aromatic nitrogens is 3. The van der Waals surface area contributed by atoms with Gasteiger partial charge in [-0.1, -0.05) is 30.4 Å². The molecule has 3 heterocycles. The van der Waals surface area contributed by atoms with E-state index < -0.39 is 0 Å². The van der Waals surface area contributed by atoms with Gasteiger partial charge in [0.15, 0.2) is 5.82 Å². The second-order valence-corrected chi connectivity index (χ2v) is 7.69. The van der Waals surface area contributed by atoms with Gasteiger partial charge >= 0.3 is 0 Å². The van der Waals surface area contributed by atoms with Crippen molar-refractivity contribution >= 4 is 33.9 Å². The molecule has 1 fully saturated rings. The van der Waals surface area contributed by atoms with E-state index in [0.29, 0.717) is 11.6 Å². The third-order valence-corrected chi connectivity index (χ3v) is 5.96. The van der Waals surface area contributed by atoms with Crippen molar-refractivity contribution in [2.75, 3.05) is 18.8 Å². The Bertz CT molecular complexity index is 685. The smallest absolute Gasteiger partial charge is 0.178 e. The van der Waals surface area contributed by atoms with Gasteiger partial charge in [-0.15, -0.1) is 10.2 Å². The van der Waals surface area contributed by atoms with Crippen molar-refractivity contribution in [2.24, 2.45) is 0 Å². The molecule has 1 N–H and O–H groups in total. The number of nitrogens with zero attached hydrogens (tertiary/aromatic N) is 5. The quantitative estimate of drug-likeness (QED) is 0.502. The van der Waals surface area contributed by atoms with E-state index in [1.807, 2.05) is 4.57 Å². The minimum atomic E-state index is 0.0310. The van der Waals surface area contributed by atoms with Crippen molar-refractivity contribution < 1.29 is 5.11 Å². The summed E-state index contributed by atoms with van der Waals surface area (Å²) >= 11 is 6.81. The lowest BCUT2D eigenvalue weighted by Gasteiger charge is -2.17. The predicted molar refractivity (Wildman–Crippen MR) is 98.6 cm³/mol. The number of aryl methyl sites for hydroxylation is 1. The third kappa shape index (κ3) is 3.73. The van der Waals surface area contributed by atoms with E-state index in [1.165, 1.54) is 11.8 Å². The number of aliphatic hydroxyl groups is 1. The molecule has 0 radical (unpaired) electrons. The van der Waals surface area contributed by atoms with E-state index in [1.54, 1.807) is 0 Å². The van der Waals surface area contributed by atoms with E-state index >= 15 is 0 Å². The van der Waals surface area contributed by atoms with Crippen LogP contribution in [0.4, 0.5) is 0 Å². The molecule has 0 aliphatic carbocycles. The van der Waals surface area contributed by atoms with Gasteiger partial charge in [0.05, 0.1) is 5.75 Å². The highest BCUT2D eigenvalue weighted by atomic mass is 32.2. The molecule has 1 aromatic rings. The number of thiocarbonyl (C=S) groups is 1. The molecule has 1 aromatic heterocycles. The molecule has 128 valence electrons. The normalized spacial score (nSPS) is 18.5. The van der Waals surface area contributed by atoms with Crippen molar-refractivity contribution in [1.29, 1.82) is 5.26 Å². The van der Waals surface area contributed by atoms with Gasteiger partial charge in [-0.2, -0.15) is 5.26 Å². The first-order chi connectivity index (χ1) is 11.7. The molecule has 2 aliphatic heterocycles. The van der Waals surface area contributed by atoms with Gasteiger partial charge in [-0.05, 0) is 25.7 Å². The van der Waals surface area contributed by atoms with Crippen LogP contribution in [0.25, 0.3) is 5.57 Å². The molecular weight excluding hydrogens is 342 g/mol. The number of thioether (sulfide) groups is 1. The average molecular weight is 364 g/mol. The van der Waals surface area contributed by atoms with E-state index in [-0.39, 0.29) is 11.3 Å². The first kappa shape index (κ1) is 17.2. The second kappa shape index (κ2) is 7.99. The summed E-state index contributed by atoms with van der Waals surface area (Å²) in [5, 5.41) is 28.3. The fourth-order valence-corrected chi connectivity index (χ4v) is 4.24. The molecule has 0 saturated carbocycles. The molecule has 0 spiro atoms. The number of nitriles is 1. The largest absolute Gasteiger partial charge is 0.510 e. The van der Waals surface area contributed by atoms with Crippen LogP contribution < -0.4 is 0 Å². The fourth-order valence-electron chi connectivity index (χ4n) is 3.11. The van der Waals surface area contributed by atoms with Gasteiger partial charge in [-0.25, -0.2) is 0 Å². The maximum Gasteiger partial charge on any atom is 0.178 e. The summed E-state index contributed by atoms with van der Waals surface area (Å²) in [7, 11) is 0. The Hall–Kier alpha value is -1.59. The Balaban J connectivity index is 1.74. The Labute approximate surface area is 151 Å². The number of likely N-dealkylation sites (tertiary alicyclic amines) is 1. The summed E-state index contributed by atoms with van der Waals surface area (Å²) in [6.45, 7) is 2.77. The zero-order valence-corrected chi connectivity index (χ0v) is 15.2. The second-order valence-electron chi connectivity index (χ2n) is 6.08. The van der Waals surface area contributed by atoms with Crippen molar-refractivity contribution in [3.63, 3.8) is 0 Å². The van der Waals surface area contributed by atoms with Crippen molar-refractivity contribution in [2.45, 2.75) is 45.1 Å². The van der Waals surface area contributed by atoms with Gasteiger partial charge in [0, 0.05) is 26.1 Å². The van der Waals surface area contributed by atoms with Crippen LogP contribution in [-0.2, 0) is 13.0 Å². The number of aliphatic hydroxyl groups excluding tert-OH is 1. The van der Waals surface area contributed by atoms with Gasteiger partial charge < -0.3 is 14.6 Å².